The highest BCUT2D eigenvalue weighted by Crippen LogP contribution is 2.39. The Balaban J connectivity index is 1.52. The van der Waals surface area contributed by atoms with Crippen LogP contribution in [0.3, 0.4) is 0 Å². The molecule has 2 aromatic rings. The van der Waals surface area contributed by atoms with Gasteiger partial charge in [0.1, 0.15) is 5.54 Å². The van der Waals surface area contributed by atoms with Crippen LogP contribution < -0.4 is 0 Å². The molecule has 1 aromatic carbocycles. The van der Waals surface area contributed by atoms with Gasteiger partial charge in [0.15, 0.2) is 0 Å². The Kier molecular flexibility index (Phi) is 6.37. The molecule has 2 aliphatic heterocycles. The van der Waals surface area contributed by atoms with Crippen molar-refractivity contribution < 1.29 is 9.59 Å². The second-order valence-corrected chi connectivity index (χ2v) is 8.94. The average Bonchev–Trinajstić information content (AvgIpc) is 2.97. The van der Waals surface area contributed by atoms with Crippen LogP contribution in [0.1, 0.15) is 44.2 Å². The maximum absolute atomic E-state index is 13.6. The molecule has 2 fully saturated rings. The molecule has 6 heteroatoms. The number of carbonyl (C=O) groups is 2. The second kappa shape index (κ2) is 9.18. The number of urea groups is 1. The second-order valence-electron chi connectivity index (χ2n) is 8.94. The van der Waals surface area contributed by atoms with Crippen molar-refractivity contribution in [3.8, 4) is 0 Å². The first-order valence-corrected chi connectivity index (χ1v) is 11.3. The van der Waals surface area contributed by atoms with Gasteiger partial charge in [-0.15, -0.1) is 0 Å². The fourth-order valence-electron chi connectivity index (χ4n) is 4.85. The summed E-state index contributed by atoms with van der Waals surface area (Å²) < 4.78 is 0. The highest BCUT2D eigenvalue weighted by molar-refractivity contribution is 6.07. The number of imide groups is 1. The van der Waals surface area contributed by atoms with E-state index in [0.717, 1.165) is 37.1 Å². The van der Waals surface area contributed by atoms with Crippen LogP contribution >= 0.6 is 0 Å². The summed E-state index contributed by atoms with van der Waals surface area (Å²) >= 11 is 0. The zero-order valence-corrected chi connectivity index (χ0v) is 18.5. The van der Waals surface area contributed by atoms with E-state index in [-0.39, 0.29) is 11.9 Å². The number of hydrogen-bond acceptors (Lipinski definition) is 4. The highest BCUT2D eigenvalue weighted by Gasteiger charge is 2.57. The summed E-state index contributed by atoms with van der Waals surface area (Å²) in [6.07, 6.45) is 6.54. The van der Waals surface area contributed by atoms with E-state index in [1.807, 2.05) is 53.6 Å². The van der Waals surface area contributed by atoms with Crippen LogP contribution in [-0.4, -0.2) is 62.8 Å². The SMILES string of the molecule is CC(C)N1CCC2(CC1)C(=O)N(CCCc1cccnc1)C(=O)N2Cc1ccccc1. The quantitative estimate of drug-likeness (QED) is 0.641. The van der Waals surface area contributed by atoms with E-state index in [9.17, 15) is 9.59 Å². The van der Waals surface area contributed by atoms with Crippen molar-refractivity contribution in [1.29, 1.82) is 0 Å². The standard InChI is InChI=1S/C25H32N4O2/c1-20(2)27-16-12-25(13-17-27)23(30)28(15-7-11-21-10-6-14-26-18-21)24(31)29(25)19-22-8-4-3-5-9-22/h3-6,8-10,14,18,20H,7,11-13,15-17,19H2,1-2H3. The molecule has 164 valence electrons. The molecule has 2 saturated heterocycles. The van der Waals surface area contributed by atoms with E-state index in [4.69, 9.17) is 0 Å². The van der Waals surface area contributed by atoms with Gasteiger partial charge in [-0.25, -0.2) is 4.79 Å². The Labute approximate surface area is 184 Å². The number of pyridine rings is 1. The van der Waals surface area contributed by atoms with Crippen molar-refractivity contribution in [2.24, 2.45) is 0 Å². The highest BCUT2D eigenvalue weighted by atomic mass is 16.2. The molecule has 2 aliphatic rings. The predicted octanol–water partition coefficient (Wildman–Crippen LogP) is 3.72. The van der Waals surface area contributed by atoms with Gasteiger partial charge in [-0.05, 0) is 56.7 Å². The summed E-state index contributed by atoms with van der Waals surface area (Å²) in [5.74, 6) is -0.0111. The fourth-order valence-corrected chi connectivity index (χ4v) is 4.85. The Morgan fingerprint density at radius 1 is 1.00 bits per heavy atom. The van der Waals surface area contributed by atoms with Crippen LogP contribution in [0.4, 0.5) is 4.79 Å². The van der Waals surface area contributed by atoms with Crippen molar-refractivity contribution in [2.45, 2.75) is 57.7 Å². The van der Waals surface area contributed by atoms with Crippen LogP contribution in [0.5, 0.6) is 0 Å². The van der Waals surface area contributed by atoms with Gasteiger partial charge in [0, 0.05) is 44.6 Å². The zero-order valence-electron chi connectivity index (χ0n) is 18.5. The van der Waals surface area contributed by atoms with Crippen molar-refractivity contribution in [1.82, 2.24) is 19.7 Å². The minimum Gasteiger partial charge on any atom is -0.305 e. The van der Waals surface area contributed by atoms with Crippen molar-refractivity contribution >= 4 is 11.9 Å². The predicted molar refractivity (Wildman–Crippen MR) is 120 cm³/mol. The number of aryl methyl sites for hydroxylation is 1. The Morgan fingerprint density at radius 2 is 1.71 bits per heavy atom. The number of rotatable bonds is 7. The molecule has 0 unspecified atom stereocenters. The van der Waals surface area contributed by atoms with E-state index in [1.54, 1.807) is 6.20 Å². The summed E-state index contributed by atoms with van der Waals surface area (Å²) in [4.78, 5) is 37.0. The van der Waals surface area contributed by atoms with Gasteiger partial charge in [-0.1, -0.05) is 36.4 Å². The van der Waals surface area contributed by atoms with Crippen LogP contribution in [-0.2, 0) is 17.8 Å². The summed E-state index contributed by atoms with van der Waals surface area (Å²) in [6.45, 7) is 6.98. The maximum Gasteiger partial charge on any atom is 0.327 e. The molecule has 6 nitrogen and oxygen atoms in total. The van der Waals surface area contributed by atoms with Crippen molar-refractivity contribution in [2.75, 3.05) is 19.6 Å². The number of likely N-dealkylation sites (tertiary alicyclic amines) is 1. The molecule has 0 radical (unpaired) electrons. The van der Waals surface area contributed by atoms with Crippen LogP contribution in [0.15, 0.2) is 54.9 Å². The van der Waals surface area contributed by atoms with Crippen molar-refractivity contribution in [3.63, 3.8) is 0 Å². The Morgan fingerprint density at radius 3 is 2.35 bits per heavy atom. The van der Waals surface area contributed by atoms with Gasteiger partial charge in [0.05, 0.1) is 0 Å². The van der Waals surface area contributed by atoms with Gasteiger partial charge in [-0.2, -0.15) is 0 Å². The first-order chi connectivity index (χ1) is 15.0. The Bertz CT molecular complexity index is 892. The van der Waals surface area contributed by atoms with Crippen LogP contribution in [0, 0.1) is 0 Å². The lowest BCUT2D eigenvalue weighted by Crippen LogP contribution is -2.57. The molecule has 0 aliphatic carbocycles. The molecule has 31 heavy (non-hydrogen) atoms. The maximum atomic E-state index is 13.6. The summed E-state index contributed by atoms with van der Waals surface area (Å²) in [5.41, 5.74) is 1.47. The topological polar surface area (TPSA) is 56.8 Å². The molecule has 0 atom stereocenters. The lowest BCUT2D eigenvalue weighted by atomic mass is 9.85. The van der Waals surface area contributed by atoms with E-state index in [2.05, 4.69) is 23.7 Å². The fraction of sp³-hybridized carbons (Fsp3) is 0.480. The van der Waals surface area contributed by atoms with Gasteiger partial charge < -0.3 is 9.80 Å². The molecule has 3 heterocycles. The summed E-state index contributed by atoms with van der Waals surface area (Å²) in [5, 5.41) is 0. The molecule has 0 N–H and O–H groups in total. The molecule has 0 saturated carbocycles. The number of piperidine rings is 1. The smallest absolute Gasteiger partial charge is 0.305 e. The molecular formula is C25H32N4O2. The normalized spacial score (nSPS) is 19.1. The van der Waals surface area contributed by atoms with Gasteiger partial charge >= 0.3 is 6.03 Å². The molecule has 1 spiro atoms. The third-order valence-corrected chi connectivity index (χ3v) is 6.73. The van der Waals surface area contributed by atoms with Gasteiger partial charge in [0.25, 0.3) is 5.91 Å². The van der Waals surface area contributed by atoms with Crippen LogP contribution in [0.25, 0.3) is 0 Å². The minimum absolute atomic E-state index is 0.0111. The van der Waals surface area contributed by atoms with Crippen LogP contribution in [0.2, 0.25) is 0 Å². The van der Waals surface area contributed by atoms with E-state index in [1.165, 1.54) is 4.90 Å². The monoisotopic (exact) mass is 420 g/mol. The lowest BCUT2D eigenvalue weighted by Gasteiger charge is -2.43. The minimum atomic E-state index is -0.716. The van der Waals surface area contributed by atoms with E-state index < -0.39 is 5.54 Å². The van der Waals surface area contributed by atoms with E-state index in [0.29, 0.717) is 32.0 Å². The number of nitrogens with zero attached hydrogens (tertiary/aromatic N) is 4. The number of carbonyl (C=O) groups excluding carboxylic acids is 2. The first kappa shape index (κ1) is 21.5. The first-order valence-electron chi connectivity index (χ1n) is 11.3. The zero-order chi connectivity index (χ0) is 21.8. The molecular weight excluding hydrogens is 388 g/mol. The number of hydrogen-bond donors (Lipinski definition) is 0. The summed E-state index contributed by atoms with van der Waals surface area (Å²) in [6, 6.07) is 14.3. The number of aromatic nitrogens is 1. The van der Waals surface area contributed by atoms with Gasteiger partial charge in [-0.3, -0.25) is 14.7 Å². The summed E-state index contributed by atoms with van der Waals surface area (Å²) in [7, 11) is 0. The lowest BCUT2D eigenvalue weighted by molar-refractivity contribution is -0.136. The molecule has 0 bridgehead atoms. The largest absolute Gasteiger partial charge is 0.327 e. The number of amides is 3. The third-order valence-electron chi connectivity index (χ3n) is 6.73. The Hall–Kier alpha value is -2.73. The molecule has 4 rings (SSSR count). The number of benzene rings is 1. The molecule has 3 amide bonds. The average molecular weight is 421 g/mol. The van der Waals surface area contributed by atoms with Crippen molar-refractivity contribution in [3.05, 3.63) is 66.0 Å². The van der Waals surface area contributed by atoms with Gasteiger partial charge in [0.2, 0.25) is 0 Å². The van der Waals surface area contributed by atoms with E-state index >= 15 is 0 Å². The third kappa shape index (κ3) is 4.35. The molecule has 1 aromatic heterocycles.